The number of nitrogens with one attached hydrogen (secondary N) is 1. The van der Waals surface area contributed by atoms with Gasteiger partial charge in [0.25, 0.3) is 0 Å². The number of halogens is 1. The SMILES string of the molecule is CN(Cc1ccccc1)C(=O)CN1CCNCC1c1cccnc1.Cl. The second kappa shape index (κ2) is 9.51. The summed E-state index contributed by atoms with van der Waals surface area (Å²) in [6, 6.07) is 14.3. The molecule has 5 nitrogen and oxygen atoms in total. The number of carbonyl (C=O) groups is 1. The third-order valence-corrected chi connectivity index (χ3v) is 4.45. The quantitative estimate of drug-likeness (QED) is 0.887. The van der Waals surface area contributed by atoms with E-state index < -0.39 is 0 Å². The molecule has 1 aromatic heterocycles. The topological polar surface area (TPSA) is 48.5 Å². The van der Waals surface area contributed by atoms with E-state index in [0.29, 0.717) is 13.1 Å². The Kier molecular flexibility index (Phi) is 7.37. The summed E-state index contributed by atoms with van der Waals surface area (Å²) >= 11 is 0. The van der Waals surface area contributed by atoms with Gasteiger partial charge in [-0.15, -0.1) is 12.4 Å². The van der Waals surface area contributed by atoms with Crippen LogP contribution in [0.5, 0.6) is 0 Å². The number of benzene rings is 1. The molecule has 0 aliphatic carbocycles. The Morgan fingerprint density at radius 2 is 2.08 bits per heavy atom. The van der Waals surface area contributed by atoms with Gasteiger partial charge in [-0.3, -0.25) is 14.7 Å². The summed E-state index contributed by atoms with van der Waals surface area (Å²) in [4.78, 5) is 20.9. The zero-order chi connectivity index (χ0) is 16.8. The van der Waals surface area contributed by atoms with E-state index in [9.17, 15) is 4.79 Å². The number of carbonyl (C=O) groups excluding carboxylic acids is 1. The van der Waals surface area contributed by atoms with Crippen molar-refractivity contribution < 1.29 is 4.79 Å². The van der Waals surface area contributed by atoms with Crippen molar-refractivity contribution in [3.63, 3.8) is 0 Å². The highest BCUT2D eigenvalue weighted by Crippen LogP contribution is 2.21. The van der Waals surface area contributed by atoms with E-state index in [-0.39, 0.29) is 24.4 Å². The lowest BCUT2D eigenvalue weighted by Crippen LogP contribution is -2.49. The average Bonchev–Trinajstić information content (AvgIpc) is 2.63. The predicted molar refractivity (Wildman–Crippen MR) is 102 cm³/mol. The van der Waals surface area contributed by atoms with Crippen molar-refractivity contribution in [1.82, 2.24) is 20.1 Å². The largest absolute Gasteiger partial charge is 0.340 e. The van der Waals surface area contributed by atoms with E-state index in [1.54, 1.807) is 11.1 Å². The van der Waals surface area contributed by atoms with Crippen LogP contribution >= 0.6 is 12.4 Å². The van der Waals surface area contributed by atoms with Gasteiger partial charge in [0.1, 0.15) is 0 Å². The Morgan fingerprint density at radius 3 is 2.80 bits per heavy atom. The molecule has 0 saturated carbocycles. The number of piperazine rings is 1. The number of likely N-dealkylation sites (N-methyl/N-ethyl adjacent to an activating group) is 1. The van der Waals surface area contributed by atoms with Gasteiger partial charge in [0.2, 0.25) is 5.91 Å². The van der Waals surface area contributed by atoms with E-state index >= 15 is 0 Å². The molecule has 1 amide bonds. The van der Waals surface area contributed by atoms with Crippen LogP contribution in [0.25, 0.3) is 0 Å². The van der Waals surface area contributed by atoms with Gasteiger partial charge >= 0.3 is 0 Å². The molecule has 1 saturated heterocycles. The van der Waals surface area contributed by atoms with Gasteiger partial charge in [0.15, 0.2) is 0 Å². The molecule has 134 valence electrons. The molecule has 1 aliphatic heterocycles. The average molecular weight is 361 g/mol. The van der Waals surface area contributed by atoms with Crippen LogP contribution in [0.3, 0.4) is 0 Å². The molecule has 6 heteroatoms. The van der Waals surface area contributed by atoms with Crippen LogP contribution in [0.15, 0.2) is 54.9 Å². The van der Waals surface area contributed by atoms with Gasteiger partial charge in [-0.25, -0.2) is 0 Å². The fourth-order valence-corrected chi connectivity index (χ4v) is 3.08. The third kappa shape index (κ3) is 5.26. The summed E-state index contributed by atoms with van der Waals surface area (Å²) in [7, 11) is 1.87. The lowest BCUT2D eigenvalue weighted by Gasteiger charge is -2.36. The Hall–Kier alpha value is -1.95. The van der Waals surface area contributed by atoms with Crippen molar-refractivity contribution in [2.45, 2.75) is 12.6 Å². The van der Waals surface area contributed by atoms with Gasteiger partial charge < -0.3 is 10.2 Å². The first-order valence-electron chi connectivity index (χ1n) is 8.36. The van der Waals surface area contributed by atoms with Crippen molar-refractivity contribution in [2.24, 2.45) is 0 Å². The lowest BCUT2D eigenvalue weighted by molar-refractivity contribution is -0.132. The predicted octanol–water partition coefficient (Wildman–Crippen LogP) is 2.11. The number of hydrogen-bond donors (Lipinski definition) is 1. The Balaban J connectivity index is 0.00000225. The number of hydrogen-bond acceptors (Lipinski definition) is 4. The first-order valence-corrected chi connectivity index (χ1v) is 8.36. The Labute approximate surface area is 155 Å². The smallest absolute Gasteiger partial charge is 0.236 e. The molecule has 1 aliphatic rings. The highest BCUT2D eigenvalue weighted by Gasteiger charge is 2.26. The first-order chi connectivity index (χ1) is 11.7. The molecule has 1 aromatic carbocycles. The molecular weight excluding hydrogens is 336 g/mol. The minimum atomic E-state index is 0. The van der Waals surface area contributed by atoms with Crippen LogP contribution in [0.2, 0.25) is 0 Å². The van der Waals surface area contributed by atoms with Crippen LogP contribution < -0.4 is 5.32 Å². The first kappa shape index (κ1) is 19.4. The molecule has 1 atom stereocenters. The molecule has 3 rings (SSSR count). The minimum Gasteiger partial charge on any atom is -0.340 e. The molecule has 2 heterocycles. The maximum absolute atomic E-state index is 12.6. The maximum atomic E-state index is 12.6. The second-order valence-corrected chi connectivity index (χ2v) is 6.21. The number of amides is 1. The summed E-state index contributed by atoms with van der Waals surface area (Å²) in [6.07, 6.45) is 3.67. The Bertz CT molecular complexity index is 653. The molecule has 0 bridgehead atoms. The van der Waals surface area contributed by atoms with Gasteiger partial charge in [-0.05, 0) is 17.2 Å². The van der Waals surface area contributed by atoms with Crippen LogP contribution in [0.4, 0.5) is 0 Å². The molecule has 25 heavy (non-hydrogen) atoms. The molecule has 0 radical (unpaired) electrons. The van der Waals surface area contributed by atoms with Gasteiger partial charge in [0.05, 0.1) is 6.54 Å². The van der Waals surface area contributed by atoms with Crippen LogP contribution in [-0.2, 0) is 11.3 Å². The van der Waals surface area contributed by atoms with Gasteiger partial charge in [0, 0.05) is 51.7 Å². The summed E-state index contributed by atoms with van der Waals surface area (Å²) in [6.45, 7) is 3.70. The highest BCUT2D eigenvalue weighted by atomic mass is 35.5. The van der Waals surface area contributed by atoms with Crippen molar-refractivity contribution in [3.05, 3.63) is 66.0 Å². The summed E-state index contributed by atoms with van der Waals surface area (Å²) < 4.78 is 0. The van der Waals surface area contributed by atoms with E-state index in [1.165, 1.54) is 0 Å². The lowest BCUT2D eigenvalue weighted by atomic mass is 10.1. The normalized spacial score (nSPS) is 17.6. The maximum Gasteiger partial charge on any atom is 0.236 e. The van der Waals surface area contributed by atoms with Crippen molar-refractivity contribution in [3.8, 4) is 0 Å². The standard InChI is InChI=1S/C19H24N4O.ClH/c1-22(14-16-6-3-2-4-7-16)19(24)15-23-11-10-21-13-18(23)17-8-5-9-20-12-17;/h2-9,12,18,21H,10-11,13-15H2,1H3;1H. The monoisotopic (exact) mass is 360 g/mol. The second-order valence-electron chi connectivity index (χ2n) is 6.21. The summed E-state index contributed by atoms with van der Waals surface area (Å²) in [5.74, 6) is 0.148. The molecular formula is C19H25ClN4O. The minimum absolute atomic E-state index is 0. The van der Waals surface area contributed by atoms with Crippen LogP contribution in [0.1, 0.15) is 17.2 Å². The molecule has 2 aromatic rings. The molecule has 1 N–H and O–H groups in total. The number of pyridine rings is 1. The molecule has 1 unspecified atom stereocenters. The van der Waals surface area contributed by atoms with Crippen LogP contribution in [0, 0.1) is 0 Å². The van der Waals surface area contributed by atoms with Gasteiger partial charge in [-0.2, -0.15) is 0 Å². The zero-order valence-corrected chi connectivity index (χ0v) is 15.3. The fraction of sp³-hybridized carbons (Fsp3) is 0.368. The van der Waals surface area contributed by atoms with E-state index in [0.717, 1.165) is 30.8 Å². The number of aromatic nitrogens is 1. The highest BCUT2D eigenvalue weighted by molar-refractivity contribution is 5.85. The van der Waals surface area contributed by atoms with Crippen molar-refractivity contribution in [1.29, 1.82) is 0 Å². The van der Waals surface area contributed by atoms with E-state index in [4.69, 9.17) is 0 Å². The zero-order valence-electron chi connectivity index (χ0n) is 14.5. The molecule has 0 spiro atoms. The van der Waals surface area contributed by atoms with Crippen LogP contribution in [-0.4, -0.2) is 53.9 Å². The molecule has 1 fully saturated rings. The summed E-state index contributed by atoms with van der Waals surface area (Å²) in [5.41, 5.74) is 2.31. The third-order valence-electron chi connectivity index (χ3n) is 4.45. The van der Waals surface area contributed by atoms with Crippen molar-refractivity contribution >= 4 is 18.3 Å². The van der Waals surface area contributed by atoms with Gasteiger partial charge in [-0.1, -0.05) is 36.4 Å². The number of rotatable bonds is 5. The Morgan fingerprint density at radius 1 is 1.28 bits per heavy atom. The van der Waals surface area contributed by atoms with E-state index in [1.807, 2.05) is 49.6 Å². The summed E-state index contributed by atoms with van der Waals surface area (Å²) in [5, 5.41) is 3.41. The van der Waals surface area contributed by atoms with Crippen molar-refractivity contribution in [2.75, 3.05) is 33.2 Å². The fourth-order valence-electron chi connectivity index (χ4n) is 3.08. The van der Waals surface area contributed by atoms with E-state index in [2.05, 4.69) is 21.3 Å². The number of nitrogens with zero attached hydrogens (tertiary/aromatic N) is 3.